The zero-order valence-corrected chi connectivity index (χ0v) is 11.5. The van der Waals surface area contributed by atoms with Crippen molar-refractivity contribution in [3.8, 4) is 0 Å². The Hall–Kier alpha value is -0.610. The van der Waals surface area contributed by atoms with Crippen molar-refractivity contribution in [3.63, 3.8) is 0 Å². The van der Waals surface area contributed by atoms with Gasteiger partial charge >= 0.3 is 5.97 Å². The van der Waals surface area contributed by atoms with Crippen LogP contribution in [0.1, 0.15) is 40.0 Å². The molecule has 4 heteroatoms. The molecule has 1 saturated carbocycles. The van der Waals surface area contributed by atoms with Gasteiger partial charge in [-0.05, 0) is 52.6 Å². The van der Waals surface area contributed by atoms with Crippen LogP contribution in [-0.2, 0) is 4.79 Å². The van der Waals surface area contributed by atoms with E-state index < -0.39 is 11.5 Å². The largest absolute Gasteiger partial charge is 0.480 e. The first kappa shape index (κ1) is 14.5. The van der Waals surface area contributed by atoms with E-state index in [1.165, 1.54) is 12.8 Å². The van der Waals surface area contributed by atoms with Crippen LogP contribution in [0.15, 0.2) is 0 Å². The zero-order chi connectivity index (χ0) is 13.1. The van der Waals surface area contributed by atoms with Crippen molar-refractivity contribution in [2.45, 2.75) is 51.6 Å². The van der Waals surface area contributed by atoms with Gasteiger partial charge in [0.1, 0.15) is 5.54 Å². The molecule has 0 aromatic carbocycles. The molecule has 0 amide bonds. The highest BCUT2D eigenvalue weighted by molar-refractivity contribution is 5.78. The standard InChI is InChI=1S/C13H26N2O2/c1-5-15(9-11-6-7-11)10(2)8-13(3,14-4)12(16)17/h10-11,14H,5-9H2,1-4H3,(H,16,17). The number of nitrogens with one attached hydrogen (secondary N) is 1. The lowest BCUT2D eigenvalue weighted by atomic mass is 9.93. The molecule has 0 spiro atoms. The number of hydrogen-bond donors (Lipinski definition) is 2. The summed E-state index contributed by atoms with van der Waals surface area (Å²) in [6, 6.07) is 0.300. The van der Waals surface area contributed by atoms with Crippen LogP contribution in [0.5, 0.6) is 0 Å². The first-order valence-electron chi connectivity index (χ1n) is 6.59. The van der Waals surface area contributed by atoms with Gasteiger partial charge in [-0.2, -0.15) is 0 Å². The van der Waals surface area contributed by atoms with Crippen molar-refractivity contribution in [3.05, 3.63) is 0 Å². The summed E-state index contributed by atoms with van der Waals surface area (Å²) in [6.07, 6.45) is 3.32. The van der Waals surface area contributed by atoms with Gasteiger partial charge < -0.3 is 15.3 Å². The summed E-state index contributed by atoms with van der Waals surface area (Å²) in [5.41, 5.74) is -0.823. The van der Waals surface area contributed by atoms with Gasteiger partial charge in [0.2, 0.25) is 0 Å². The smallest absolute Gasteiger partial charge is 0.323 e. The number of carboxylic acids is 1. The second kappa shape index (κ2) is 5.83. The Kier molecular flexibility index (Phi) is 4.95. The minimum atomic E-state index is -0.823. The predicted molar refractivity (Wildman–Crippen MR) is 69.2 cm³/mol. The van der Waals surface area contributed by atoms with Crippen molar-refractivity contribution in [2.75, 3.05) is 20.1 Å². The Morgan fingerprint density at radius 3 is 2.53 bits per heavy atom. The number of hydrogen-bond acceptors (Lipinski definition) is 3. The Balaban J connectivity index is 2.54. The maximum absolute atomic E-state index is 11.3. The van der Waals surface area contributed by atoms with Gasteiger partial charge in [0.25, 0.3) is 0 Å². The number of likely N-dealkylation sites (N-methyl/N-ethyl adjacent to an activating group) is 1. The first-order chi connectivity index (χ1) is 7.92. The fraction of sp³-hybridized carbons (Fsp3) is 0.923. The Morgan fingerprint density at radius 2 is 2.18 bits per heavy atom. The van der Waals surface area contributed by atoms with Crippen molar-refractivity contribution in [2.24, 2.45) is 5.92 Å². The summed E-state index contributed by atoms with van der Waals surface area (Å²) in [6.45, 7) is 8.16. The first-order valence-corrected chi connectivity index (χ1v) is 6.59. The molecule has 17 heavy (non-hydrogen) atoms. The minimum Gasteiger partial charge on any atom is -0.480 e. The Morgan fingerprint density at radius 1 is 1.59 bits per heavy atom. The van der Waals surface area contributed by atoms with Crippen LogP contribution in [0.3, 0.4) is 0 Å². The van der Waals surface area contributed by atoms with E-state index in [-0.39, 0.29) is 0 Å². The highest BCUT2D eigenvalue weighted by Gasteiger charge is 2.35. The van der Waals surface area contributed by atoms with E-state index in [9.17, 15) is 9.90 Å². The molecule has 1 rings (SSSR count). The van der Waals surface area contributed by atoms with Gasteiger partial charge in [0.05, 0.1) is 0 Å². The molecule has 2 N–H and O–H groups in total. The van der Waals surface area contributed by atoms with Crippen molar-refractivity contribution in [1.29, 1.82) is 0 Å². The highest BCUT2D eigenvalue weighted by atomic mass is 16.4. The molecule has 4 nitrogen and oxygen atoms in total. The van der Waals surface area contributed by atoms with Crippen LogP contribution in [0.4, 0.5) is 0 Å². The third kappa shape index (κ3) is 3.96. The van der Waals surface area contributed by atoms with E-state index in [0.29, 0.717) is 12.5 Å². The molecule has 0 heterocycles. The van der Waals surface area contributed by atoms with E-state index in [2.05, 4.69) is 24.1 Å². The van der Waals surface area contributed by atoms with E-state index in [1.807, 2.05) is 0 Å². The van der Waals surface area contributed by atoms with Crippen LogP contribution in [0.2, 0.25) is 0 Å². The average molecular weight is 242 g/mol. The van der Waals surface area contributed by atoms with Crippen LogP contribution in [0.25, 0.3) is 0 Å². The topological polar surface area (TPSA) is 52.6 Å². The van der Waals surface area contributed by atoms with Gasteiger partial charge in [0, 0.05) is 12.6 Å². The highest BCUT2D eigenvalue weighted by Crippen LogP contribution is 2.31. The van der Waals surface area contributed by atoms with Crippen LogP contribution in [0, 0.1) is 5.92 Å². The fourth-order valence-corrected chi connectivity index (χ4v) is 2.27. The quantitative estimate of drug-likeness (QED) is 0.678. The molecule has 0 aliphatic heterocycles. The van der Waals surface area contributed by atoms with Crippen molar-refractivity contribution >= 4 is 5.97 Å². The molecular formula is C13H26N2O2. The normalized spacial score (nSPS) is 21.2. The zero-order valence-electron chi connectivity index (χ0n) is 11.5. The third-order valence-corrected chi connectivity index (χ3v) is 3.95. The molecule has 1 fully saturated rings. The lowest BCUT2D eigenvalue weighted by Crippen LogP contribution is -2.52. The average Bonchev–Trinajstić information content (AvgIpc) is 3.08. The molecule has 1 aliphatic carbocycles. The lowest BCUT2D eigenvalue weighted by molar-refractivity contribution is -0.144. The Labute approximate surface area is 104 Å². The molecular weight excluding hydrogens is 216 g/mol. The van der Waals surface area contributed by atoms with Crippen LogP contribution in [-0.4, -0.2) is 47.7 Å². The van der Waals surface area contributed by atoms with Crippen LogP contribution < -0.4 is 5.32 Å². The number of carbonyl (C=O) groups is 1. The number of rotatable bonds is 8. The molecule has 2 unspecified atom stereocenters. The van der Waals surface area contributed by atoms with Gasteiger partial charge in [-0.25, -0.2) is 0 Å². The predicted octanol–water partition coefficient (Wildman–Crippen LogP) is 1.56. The third-order valence-electron chi connectivity index (χ3n) is 3.95. The Bertz CT molecular complexity index is 266. The number of aliphatic carboxylic acids is 1. The summed E-state index contributed by atoms with van der Waals surface area (Å²) in [5.74, 6) is 0.0809. The number of nitrogens with zero attached hydrogens (tertiary/aromatic N) is 1. The molecule has 100 valence electrons. The lowest BCUT2D eigenvalue weighted by Gasteiger charge is -2.34. The fourth-order valence-electron chi connectivity index (χ4n) is 2.27. The van der Waals surface area contributed by atoms with E-state index >= 15 is 0 Å². The summed E-state index contributed by atoms with van der Waals surface area (Å²) < 4.78 is 0. The van der Waals surface area contributed by atoms with Gasteiger partial charge in [0.15, 0.2) is 0 Å². The summed E-state index contributed by atoms with van der Waals surface area (Å²) in [7, 11) is 1.72. The summed E-state index contributed by atoms with van der Waals surface area (Å²) in [5, 5.41) is 12.2. The number of carboxylic acid groups (broad SMARTS) is 1. The van der Waals surface area contributed by atoms with Crippen LogP contribution >= 0.6 is 0 Å². The van der Waals surface area contributed by atoms with Gasteiger partial charge in [-0.3, -0.25) is 4.79 Å². The monoisotopic (exact) mass is 242 g/mol. The van der Waals surface area contributed by atoms with Gasteiger partial charge in [-0.1, -0.05) is 6.92 Å². The SMILES string of the molecule is CCN(CC1CC1)C(C)CC(C)(NC)C(=O)O. The second-order valence-electron chi connectivity index (χ2n) is 5.47. The summed E-state index contributed by atoms with van der Waals surface area (Å²) >= 11 is 0. The molecule has 0 bridgehead atoms. The van der Waals surface area contributed by atoms with Crippen molar-refractivity contribution in [1.82, 2.24) is 10.2 Å². The van der Waals surface area contributed by atoms with Gasteiger partial charge in [-0.15, -0.1) is 0 Å². The van der Waals surface area contributed by atoms with E-state index in [4.69, 9.17) is 0 Å². The molecule has 0 radical (unpaired) electrons. The van der Waals surface area contributed by atoms with E-state index in [0.717, 1.165) is 19.0 Å². The molecule has 0 aromatic rings. The second-order valence-corrected chi connectivity index (χ2v) is 5.47. The minimum absolute atomic E-state index is 0.300. The molecule has 0 aromatic heterocycles. The molecule has 1 aliphatic rings. The maximum Gasteiger partial charge on any atom is 0.323 e. The van der Waals surface area contributed by atoms with E-state index in [1.54, 1.807) is 14.0 Å². The summed E-state index contributed by atoms with van der Waals surface area (Å²) in [4.78, 5) is 13.7. The van der Waals surface area contributed by atoms with Crippen molar-refractivity contribution < 1.29 is 9.90 Å². The molecule has 0 saturated heterocycles. The maximum atomic E-state index is 11.3. The molecule has 2 atom stereocenters.